The fourth-order valence-corrected chi connectivity index (χ4v) is 3.57. The number of aryl methyl sites for hydroxylation is 2. The van der Waals surface area contributed by atoms with Crippen LogP contribution in [-0.2, 0) is 0 Å². The van der Waals surface area contributed by atoms with E-state index < -0.39 is 0 Å². The first kappa shape index (κ1) is 17.1. The second kappa shape index (κ2) is 6.77. The number of rotatable bonds is 3. The van der Waals surface area contributed by atoms with Crippen LogP contribution in [0.1, 0.15) is 21.9 Å². The Morgan fingerprint density at radius 2 is 1.78 bits per heavy atom. The summed E-state index contributed by atoms with van der Waals surface area (Å²) in [4.78, 5) is 33.9. The summed E-state index contributed by atoms with van der Waals surface area (Å²) in [6.45, 7) is 3.66. The predicted octanol–water partition coefficient (Wildman–Crippen LogP) is 3.71. The van der Waals surface area contributed by atoms with E-state index in [0.717, 1.165) is 5.69 Å². The average Bonchev–Trinajstić information content (AvgIpc) is 3.07. The molecule has 0 spiro atoms. The lowest BCUT2D eigenvalue weighted by Gasteiger charge is -2.11. The van der Waals surface area contributed by atoms with Gasteiger partial charge < -0.3 is 0 Å². The number of fused-ring (bicyclic) bond motifs is 1. The molecule has 27 heavy (non-hydrogen) atoms. The van der Waals surface area contributed by atoms with Gasteiger partial charge in [0.25, 0.3) is 11.5 Å². The number of thiazole rings is 1. The lowest BCUT2D eigenvalue weighted by molar-refractivity contribution is 0.102. The monoisotopic (exact) mass is 376 g/mol. The summed E-state index contributed by atoms with van der Waals surface area (Å²) in [5.74, 6) is 0.353. The molecule has 0 radical (unpaired) electrons. The fourth-order valence-electron chi connectivity index (χ4n) is 2.89. The van der Waals surface area contributed by atoms with Gasteiger partial charge in [0.2, 0.25) is 0 Å². The van der Waals surface area contributed by atoms with Crippen LogP contribution in [-0.4, -0.2) is 20.4 Å². The van der Waals surface area contributed by atoms with Crippen LogP contribution in [0.4, 0.5) is 5.13 Å². The Hall–Kier alpha value is -3.32. The number of benzene rings is 2. The van der Waals surface area contributed by atoms with E-state index in [2.05, 4.69) is 15.3 Å². The van der Waals surface area contributed by atoms with Crippen LogP contribution in [0.5, 0.6) is 0 Å². The van der Waals surface area contributed by atoms with Crippen LogP contribution in [0, 0.1) is 13.8 Å². The van der Waals surface area contributed by atoms with Gasteiger partial charge in [-0.3, -0.25) is 19.5 Å². The van der Waals surface area contributed by atoms with E-state index in [0.29, 0.717) is 33.1 Å². The van der Waals surface area contributed by atoms with Crippen molar-refractivity contribution in [3.05, 3.63) is 81.3 Å². The topological polar surface area (TPSA) is 76.9 Å². The molecular formula is C20H16N4O2S. The molecule has 0 aliphatic carbocycles. The van der Waals surface area contributed by atoms with Gasteiger partial charge in [0.15, 0.2) is 5.13 Å². The first-order valence-electron chi connectivity index (χ1n) is 8.35. The normalized spacial score (nSPS) is 10.9. The Kier molecular flexibility index (Phi) is 4.29. The Balaban J connectivity index is 1.67. The van der Waals surface area contributed by atoms with Gasteiger partial charge in [-0.25, -0.2) is 9.97 Å². The van der Waals surface area contributed by atoms with E-state index in [9.17, 15) is 9.59 Å². The first-order chi connectivity index (χ1) is 13.0. The number of nitrogens with zero attached hydrogens (tertiary/aromatic N) is 3. The molecule has 4 rings (SSSR count). The SMILES string of the molecule is Cc1csc(NC(=O)c2ccc(-n3c(C)nc4ccccc4c3=O)cc2)n1. The molecule has 2 heterocycles. The quantitative estimate of drug-likeness (QED) is 0.591. The molecule has 0 saturated heterocycles. The third-order valence-electron chi connectivity index (χ3n) is 4.17. The minimum Gasteiger partial charge on any atom is -0.298 e. The zero-order valence-electron chi connectivity index (χ0n) is 14.8. The van der Waals surface area contributed by atoms with Crippen LogP contribution < -0.4 is 10.9 Å². The third kappa shape index (κ3) is 3.24. The molecule has 0 aliphatic heterocycles. The van der Waals surface area contributed by atoms with Crippen molar-refractivity contribution in [1.82, 2.24) is 14.5 Å². The maximum absolute atomic E-state index is 12.8. The number of anilines is 1. The molecular weight excluding hydrogens is 360 g/mol. The van der Waals surface area contributed by atoms with E-state index >= 15 is 0 Å². The molecule has 0 saturated carbocycles. The van der Waals surface area contributed by atoms with Gasteiger partial charge in [0, 0.05) is 10.9 Å². The summed E-state index contributed by atoms with van der Waals surface area (Å²) in [6.07, 6.45) is 0. The maximum atomic E-state index is 12.8. The molecule has 0 unspecified atom stereocenters. The van der Waals surface area contributed by atoms with Crippen molar-refractivity contribution >= 4 is 33.3 Å². The lowest BCUT2D eigenvalue weighted by atomic mass is 10.2. The molecule has 0 fully saturated rings. The molecule has 134 valence electrons. The van der Waals surface area contributed by atoms with E-state index in [1.807, 2.05) is 30.5 Å². The second-order valence-corrected chi connectivity index (χ2v) is 6.97. The zero-order chi connectivity index (χ0) is 19.0. The predicted molar refractivity (Wildman–Crippen MR) is 107 cm³/mol. The summed E-state index contributed by atoms with van der Waals surface area (Å²) in [7, 11) is 0. The highest BCUT2D eigenvalue weighted by Crippen LogP contribution is 2.17. The fraction of sp³-hybridized carbons (Fsp3) is 0.100. The minimum absolute atomic E-state index is 0.131. The van der Waals surface area contributed by atoms with Crippen LogP contribution in [0.15, 0.2) is 58.7 Å². The summed E-state index contributed by atoms with van der Waals surface area (Å²) < 4.78 is 1.55. The van der Waals surface area contributed by atoms with Gasteiger partial charge in [-0.15, -0.1) is 11.3 Å². The number of carbonyl (C=O) groups is 1. The molecule has 4 aromatic rings. The van der Waals surface area contributed by atoms with Crippen molar-refractivity contribution in [3.8, 4) is 5.69 Å². The van der Waals surface area contributed by atoms with E-state index in [4.69, 9.17) is 0 Å². The number of hydrogen-bond acceptors (Lipinski definition) is 5. The van der Waals surface area contributed by atoms with Crippen molar-refractivity contribution < 1.29 is 4.79 Å². The second-order valence-electron chi connectivity index (χ2n) is 6.11. The molecule has 7 heteroatoms. The minimum atomic E-state index is -0.239. The molecule has 1 amide bonds. The molecule has 0 atom stereocenters. The highest BCUT2D eigenvalue weighted by atomic mass is 32.1. The van der Waals surface area contributed by atoms with Crippen molar-refractivity contribution in [3.63, 3.8) is 0 Å². The van der Waals surface area contributed by atoms with Gasteiger partial charge in [-0.1, -0.05) is 12.1 Å². The van der Waals surface area contributed by atoms with Crippen LogP contribution in [0.2, 0.25) is 0 Å². The van der Waals surface area contributed by atoms with Crippen molar-refractivity contribution in [2.24, 2.45) is 0 Å². The summed E-state index contributed by atoms with van der Waals surface area (Å²) >= 11 is 1.38. The lowest BCUT2D eigenvalue weighted by Crippen LogP contribution is -2.22. The number of hydrogen-bond donors (Lipinski definition) is 1. The number of amides is 1. The Morgan fingerprint density at radius 1 is 1.04 bits per heavy atom. The van der Waals surface area contributed by atoms with Gasteiger partial charge in [0.1, 0.15) is 5.82 Å². The van der Waals surface area contributed by atoms with Gasteiger partial charge >= 0.3 is 0 Å². The highest BCUT2D eigenvalue weighted by Gasteiger charge is 2.12. The molecule has 2 aromatic carbocycles. The maximum Gasteiger partial charge on any atom is 0.265 e. The van der Waals surface area contributed by atoms with Gasteiger partial charge in [-0.05, 0) is 50.2 Å². The van der Waals surface area contributed by atoms with Crippen LogP contribution in [0.3, 0.4) is 0 Å². The average molecular weight is 376 g/mol. The number of aromatic nitrogens is 3. The molecule has 2 aromatic heterocycles. The number of carbonyl (C=O) groups excluding carboxylic acids is 1. The molecule has 0 bridgehead atoms. The summed E-state index contributed by atoms with van der Waals surface area (Å²) in [6, 6.07) is 14.1. The first-order valence-corrected chi connectivity index (χ1v) is 9.23. The van der Waals surface area contributed by atoms with E-state index in [1.165, 1.54) is 11.3 Å². The van der Waals surface area contributed by atoms with Crippen molar-refractivity contribution in [2.45, 2.75) is 13.8 Å². The van der Waals surface area contributed by atoms with Gasteiger partial charge in [-0.2, -0.15) is 0 Å². The number of nitrogens with one attached hydrogen (secondary N) is 1. The van der Waals surface area contributed by atoms with Gasteiger partial charge in [0.05, 0.1) is 22.3 Å². The highest BCUT2D eigenvalue weighted by molar-refractivity contribution is 7.13. The van der Waals surface area contributed by atoms with E-state index in [-0.39, 0.29) is 11.5 Å². The smallest absolute Gasteiger partial charge is 0.265 e. The largest absolute Gasteiger partial charge is 0.298 e. The standard InChI is InChI=1S/C20H16N4O2S/c1-12-11-27-20(21-12)23-18(25)14-7-9-15(10-8-14)24-13(2)22-17-6-4-3-5-16(17)19(24)26/h3-11H,1-2H3,(H,21,23,25). The number of para-hydroxylation sites is 1. The van der Waals surface area contributed by atoms with Crippen LogP contribution >= 0.6 is 11.3 Å². The molecule has 6 nitrogen and oxygen atoms in total. The van der Waals surface area contributed by atoms with Crippen molar-refractivity contribution in [2.75, 3.05) is 5.32 Å². The zero-order valence-corrected chi connectivity index (χ0v) is 15.6. The van der Waals surface area contributed by atoms with Crippen LogP contribution in [0.25, 0.3) is 16.6 Å². The van der Waals surface area contributed by atoms with E-state index in [1.54, 1.807) is 41.8 Å². The summed E-state index contributed by atoms with van der Waals surface area (Å²) in [5, 5.41) is 5.77. The van der Waals surface area contributed by atoms with Crippen molar-refractivity contribution in [1.29, 1.82) is 0 Å². The Bertz CT molecular complexity index is 1210. The summed E-state index contributed by atoms with van der Waals surface area (Å²) in [5.41, 5.74) is 2.56. The Labute approximate surface area is 159 Å². The molecule has 1 N–H and O–H groups in total. The molecule has 0 aliphatic rings. The Morgan fingerprint density at radius 3 is 2.48 bits per heavy atom. The third-order valence-corrected chi connectivity index (χ3v) is 5.05.